The number of carbonyl (C=O) groups is 2. The third-order valence-electron chi connectivity index (χ3n) is 4.14. The molecule has 1 saturated heterocycles. The van der Waals surface area contributed by atoms with Crippen LogP contribution in [0.3, 0.4) is 0 Å². The number of likely N-dealkylation sites (tertiary alicyclic amines) is 1. The van der Waals surface area contributed by atoms with Crippen LogP contribution >= 0.6 is 0 Å². The summed E-state index contributed by atoms with van der Waals surface area (Å²) in [5, 5.41) is 9.21. The fraction of sp³-hybridized carbons (Fsp3) is 0.579. The Balaban J connectivity index is 2.03. The van der Waals surface area contributed by atoms with Gasteiger partial charge in [-0.25, -0.2) is 9.59 Å². The molecular formula is C19H27NO5. The first-order valence-corrected chi connectivity index (χ1v) is 8.64. The van der Waals surface area contributed by atoms with Crippen LogP contribution in [-0.4, -0.2) is 46.9 Å². The van der Waals surface area contributed by atoms with E-state index in [-0.39, 0.29) is 17.7 Å². The maximum absolute atomic E-state index is 12.4. The number of benzene rings is 1. The molecule has 2 rings (SSSR count). The van der Waals surface area contributed by atoms with Crippen LogP contribution in [0.25, 0.3) is 0 Å². The molecule has 0 saturated carbocycles. The number of piperidine rings is 1. The highest BCUT2D eigenvalue weighted by Crippen LogP contribution is 2.23. The smallest absolute Gasteiger partial charge is 0.410 e. The summed E-state index contributed by atoms with van der Waals surface area (Å²) >= 11 is 0. The fourth-order valence-electron chi connectivity index (χ4n) is 2.85. The van der Waals surface area contributed by atoms with E-state index in [1.54, 1.807) is 24.0 Å². The Bertz CT molecular complexity index is 635. The summed E-state index contributed by atoms with van der Waals surface area (Å²) in [5.74, 6) is -0.478. The van der Waals surface area contributed by atoms with Gasteiger partial charge in [-0.2, -0.15) is 0 Å². The Kier molecular flexibility index (Phi) is 5.93. The van der Waals surface area contributed by atoms with Gasteiger partial charge in [-0.05, 0) is 64.7 Å². The monoisotopic (exact) mass is 349 g/mol. The molecule has 1 unspecified atom stereocenters. The Labute approximate surface area is 148 Å². The minimum Gasteiger partial charge on any atom is -0.491 e. The molecule has 138 valence electrons. The Morgan fingerprint density at radius 3 is 2.64 bits per heavy atom. The van der Waals surface area contributed by atoms with E-state index in [9.17, 15) is 14.7 Å². The van der Waals surface area contributed by atoms with E-state index in [1.807, 2.05) is 20.8 Å². The average molecular weight is 349 g/mol. The van der Waals surface area contributed by atoms with Gasteiger partial charge >= 0.3 is 12.1 Å². The molecular weight excluding hydrogens is 322 g/mol. The summed E-state index contributed by atoms with van der Waals surface area (Å²) in [6.07, 6.45) is 2.50. The first kappa shape index (κ1) is 19.1. The minimum atomic E-state index is -0.976. The first-order chi connectivity index (χ1) is 11.7. The van der Waals surface area contributed by atoms with Gasteiger partial charge in [0, 0.05) is 6.54 Å². The van der Waals surface area contributed by atoms with Crippen LogP contribution in [0.15, 0.2) is 18.2 Å². The number of rotatable bonds is 4. The van der Waals surface area contributed by atoms with Crippen molar-refractivity contribution in [2.75, 3.05) is 13.2 Å². The van der Waals surface area contributed by atoms with Crippen LogP contribution in [0, 0.1) is 6.92 Å². The van der Waals surface area contributed by atoms with Crippen LogP contribution in [-0.2, 0) is 4.74 Å². The molecule has 1 amide bonds. The van der Waals surface area contributed by atoms with E-state index in [1.165, 1.54) is 6.07 Å². The molecule has 0 aliphatic carbocycles. The molecule has 1 aromatic carbocycles. The van der Waals surface area contributed by atoms with Gasteiger partial charge in [0.1, 0.15) is 18.0 Å². The van der Waals surface area contributed by atoms with E-state index in [0.717, 1.165) is 19.3 Å². The van der Waals surface area contributed by atoms with Gasteiger partial charge in [0.2, 0.25) is 0 Å². The van der Waals surface area contributed by atoms with Gasteiger partial charge in [0.15, 0.2) is 0 Å². The number of carbonyl (C=O) groups excluding carboxylic acids is 1. The molecule has 1 aromatic rings. The second kappa shape index (κ2) is 7.76. The predicted octanol–water partition coefficient (Wildman–Crippen LogP) is 3.86. The molecule has 0 aromatic heterocycles. The van der Waals surface area contributed by atoms with E-state index in [2.05, 4.69) is 0 Å². The number of aryl methyl sites for hydroxylation is 1. The molecule has 6 nitrogen and oxygen atoms in total. The van der Waals surface area contributed by atoms with Crippen LogP contribution in [0.4, 0.5) is 4.79 Å². The fourth-order valence-corrected chi connectivity index (χ4v) is 2.85. The molecule has 1 N–H and O–H groups in total. The number of carboxylic acids is 1. The standard InChI is InChI=1S/C19H27NO5/c1-13-8-9-15(11-16(13)17(21)22)24-12-14-7-5-6-10-20(14)18(23)25-19(2,3)4/h8-9,11,14H,5-7,10,12H2,1-4H3,(H,21,22). The SMILES string of the molecule is Cc1ccc(OCC2CCCCN2C(=O)OC(C)(C)C)cc1C(=O)O. The normalized spacial score (nSPS) is 17.9. The van der Waals surface area contributed by atoms with E-state index in [4.69, 9.17) is 9.47 Å². The lowest BCUT2D eigenvalue weighted by atomic mass is 10.0. The minimum absolute atomic E-state index is 0.0711. The predicted molar refractivity (Wildman–Crippen MR) is 94.2 cm³/mol. The molecule has 0 bridgehead atoms. The van der Waals surface area contributed by atoms with Crippen molar-refractivity contribution in [3.05, 3.63) is 29.3 Å². The van der Waals surface area contributed by atoms with Crippen molar-refractivity contribution in [1.82, 2.24) is 4.90 Å². The number of carboxylic acid groups (broad SMARTS) is 1. The van der Waals surface area contributed by atoms with Gasteiger partial charge < -0.3 is 19.5 Å². The van der Waals surface area contributed by atoms with Crippen molar-refractivity contribution in [1.29, 1.82) is 0 Å². The second-order valence-corrected chi connectivity index (χ2v) is 7.42. The van der Waals surface area contributed by atoms with Gasteiger partial charge in [0.05, 0.1) is 11.6 Å². The third-order valence-corrected chi connectivity index (χ3v) is 4.14. The van der Waals surface area contributed by atoms with Gasteiger partial charge in [-0.1, -0.05) is 6.07 Å². The number of ether oxygens (including phenoxy) is 2. The third kappa shape index (κ3) is 5.37. The molecule has 0 radical (unpaired) electrons. The lowest BCUT2D eigenvalue weighted by molar-refractivity contribution is 0.00360. The number of nitrogens with zero attached hydrogens (tertiary/aromatic N) is 1. The van der Waals surface area contributed by atoms with Crippen LogP contribution in [0.5, 0.6) is 5.75 Å². The zero-order valence-electron chi connectivity index (χ0n) is 15.4. The van der Waals surface area contributed by atoms with Crippen LogP contribution < -0.4 is 4.74 Å². The van der Waals surface area contributed by atoms with Crippen molar-refractivity contribution in [2.24, 2.45) is 0 Å². The quantitative estimate of drug-likeness (QED) is 0.893. The Morgan fingerprint density at radius 2 is 2.00 bits per heavy atom. The highest BCUT2D eigenvalue weighted by molar-refractivity contribution is 5.89. The van der Waals surface area contributed by atoms with E-state index >= 15 is 0 Å². The second-order valence-electron chi connectivity index (χ2n) is 7.42. The van der Waals surface area contributed by atoms with Crippen LogP contribution in [0.1, 0.15) is 56.0 Å². The molecule has 1 aliphatic heterocycles. The summed E-state index contributed by atoms with van der Waals surface area (Å²) in [7, 11) is 0. The van der Waals surface area contributed by atoms with E-state index < -0.39 is 11.6 Å². The zero-order chi connectivity index (χ0) is 18.6. The van der Waals surface area contributed by atoms with Crippen molar-refractivity contribution in [3.8, 4) is 5.75 Å². The summed E-state index contributed by atoms with van der Waals surface area (Å²) in [6.45, 7) is 8.26. The molecule has 1 fully saturated rings. The maximum atomic E-state index is 12.4. The summed E-state index contributed by atoms with van der Waals surface area (Å²) < 4.78 is 11.3. The van der Waals surface area contributed by atoms with Crippen molar-refractivity contribution in [3.63, 3.8) is 0 Å². The summed E-state index contributed by atoms with van der Waals surface area (Å²) in [5.41, 5.74) is 0.380. The molecule has 6 heteroatoms. The Morgan fingerprint density at radius 1 is 1.28 bits per heavy atom. The maximum Gasteiger partial charge on any atom is 0.410 e. The number of amides is 1. The molecule has 1 aliphatic rings. The molecule has 25 heavy (non-hydrogen) atoms. The first-order valence-electron chi connectivity index (χ1n) is 8.64. The van der Waals surface area contributed by atoms with Crippen molar-refractivity contribution in [2.45, 2.75) is 58.6 Å². The highest BCUT2D eigenvalue weighted by atomic mass is 16.6. The van der Waals surface area contributed by atoms with E-state index in [0.29, 0.717) is 24.5 Å². The van der Waals surface area contributed by atoms with Crippen molar-refractivity contribution < 1.29 is 24.2 Å². The highest BCUT2D eigenvalue weighted by Gasteiger charge is 2.30. The van der Waals surface area contributed by atoms with Gasteiger partial charge in [0.25, 0.3) is 0 Å². The summed E-state index contributed by atoms with van der Waals surface area (Å²) in [6, 6.07) is 4.93. The van der Waals surface area contributed by atoms with Gasteiger partial charge in [-0.3, -0.25) is 0 Å². The van der Waals surface area contributed by atoms with Gasteiger partial charge in [-0.15, -0.1) is 0 Å². The molecule has 1 heterocycles. The number of hydrogen-bond acceptors (Lipinski definition) is 4. The number of hydrogen-bond donors (Lipinski definition) is 1. The van der Waals surface area contributed by atoms with Crippen molar-refractivity contribution >= 4 is 12.1 Å². The topological polar surface area (TPSA) is 76.1 Å². The zero-order valence-corrected chi connectivity index (χ0v) is 15.4. The van der Waals surface area contributed by atoms with Crippen LogP contribution in [0.2, 0.25) is 0 Å². The lowest BCUT2D eigenvalue weighted by Crippen LogP contribution is -2.48. The molecule has 1 atom stereocenters. The Hall–Kier alpha value is -2.24. The average Bonchev–Trinajstić information content (AvgIpc) is 2.52. The lowest BCUT2D eigenvalue weighted by Gasteiger charge is -2.36. The largest absolute Gasteiger partial charge is 0.491 e. The summed E-state index contributed by atoms with van der Waals surface area (Å²) in [4.78, 5) is 25.3. The number of aromatic carboxylic acids is 1. The molecule has 0 spiro atoms.